The highest BCUT2D eigenvalue weighted by atomic mass is 14.7. The van der Waals surface area contributed by atoms with Crippen molar-refractivity contribution in [3.63, 3.8) is 0 Å². The average Bonchev–Trinajstić information content (AvgIpc) is 1.94. The Hall–Kier alpha value is -0.510. The molecule has 4 aliphatic rings. The highest BCUT2D eigenvalue weighted by Crippen LogP contribution is 2.73. The third kappa shape index (κ3) is 1.20. The number of nitrogens with zero attached hydrogens (tertiary/aromatic N) is 1. The van der Waals surface area contributed by atoms with Crippen LogP contribution in [0.1, 0.15) is 52.4 Å². The van der Waals surface area contributed by atoms with Crippen molar-refractivity contribution in [2.75, 3.05) is 0 Å². The largest absolute Gasteiger partial charge is 0.198 e. The van der Waals surface area contributed by atoms with E-state index in [1.54, 1.807) is 0 Å². The van der Waals surface area contributed by atoms with Crippen LogP contribution in [0.3, 0.4) is 0 Å². The topological polar surface area (TPSA) is 23.8 Å². The zero-order valence-electron chi connectivity index (χ0n) is 9.90. The van der Waals surface area contributed by atoms with E-state index in [2.05, 4.69) is 26.8 Å². The molecule has 1 radical (unpaired) electrons. The summed E-state index contributed by atoms with van der Waals surface area (Å²) < 4.78 is 0. The molecule has 4 saturated carbocycles. The Morgan fingerprint density at radius 2 is 1.47 bits per heavy atom. The van der Waals surface area contributed by atoms with Gasteiger partial charge in [0.15, 0.2) is 0 Å². The van der Waals surface area contributed by atoms with E-state index in [-0.39, 0.29) is 10.8 Å². The predicted octanol–water partition coefficient (Wildman–Crippen LogP) is 3.71. The normalized spacial score (nSPS) is 61.7. The predicted molar refractivity (Wildman–Crippen MR) is 59.8 cm³/mol. The molecule has 0 spiro atoms. The molecular weight excluding hydrogens is 182 g/mol. The second kappa shape index (κ2) is 2.26. The number of nitriles is 1. The monoisotopic (exact) mass is 202 g/mol. The molecule has 0 saturated heterocycles. The van der Waals surface area contributed by atoms with Crippen molar-refractivity contribution in [2.24, 2.45) is 21.7 Å². The van der Waals surface area contributed by atoms with Crippen LogP contribution in [0.25, 0.3) is 0 Å². The van der Waals surface area contributed by atoms with Gasteiger partial charge in [-0.1, -0.05) is 13.8 Å². The standard InChI is InChI=1S/C14H20N/c1-11-4-12(2)6-13(3,5-11)9-14(7-11,8-12)10-15/h1,4-9H2,2-3H3. The first kappa shape index (κ1) is 9.70. The Balaban J connectivity index is 2.11. The first-order valence-corrected chi connectivity index (χ1v) is 6.07. The molecule has 4 rings (SSSR count). The highest BCUT2D eigenvalue weighted by Gasteiger charge is 2.64. The van der Waals surface area contributed by atoms with Gasteiger partial charge in [-0.3, -0.25) is 0 Å². The Bertz CT molecular complexity index is 308. The van der Waals surface area contributed by atoms with Gasteiger partial charge in [0, 0.05) is 0 Å². The molecule has 1 nitrogen and oxygen atoms in total. The molecular formula is C14H20N. The fourth-order valence-corrected chi connectivity index (χ4v) is 6.06. The van der Waals surface area contributed by atoms with Gasteiger partial charge in [-0.05, 0) is 61.7 Å². The first-order chi connectivity index (χ1) is 6.80. The lowest BCUT2D eigenvalue weighted by Gasteiger charge is -2.67. The van der Waals surface area contributed by atoms with Crippen LogP contribution in [-0.2, 0) is 0 Å². The molecule has 81 valence electrons. The van der Waals surface area contributed by atoms with Crippen LogP contribution >= 0.6 is 0 Å². The van der Waals surface area contributed by atoms with Gasteiger partial charge in [-0.25, -0.2) is 0 Å². The van der Waals surface area contributed by atoms with Gasteiger partial charge < -0.3 is 0 Å². The molecule has 0 amide bonds. The summed E-state index contributed by atoms with van der Waals surface area (Å²) in [5, 5.41) is 9.50. The van der Waals surface area contributed by atoms with E-state index in [9.17, 15) is 5.26 Å². The molecule has 2 unspecified atom stereocenters. The summed E-state index contributed by atoms with van der Waals surface area (Å²) in [4.78, 5) is 0. The summed E-state index contributed by atoms with van der Waals surface area (Å²) in [7, 11) is 0. The Morgan fingerprint density at radius 3 is 1.87 bits per heavy atom. The van der Waals surface area contributed by atoms with Crippen molar-refractivity contribution >= 4 is 0 Å². The van der Waals surface area contributed by atoms with Crippen molar-refractivity contribution in [3.8, 4) is 6.07 Å². The van der Waals surface area contributed by atoms with Gasteiger partial charge in [0.1, 0.15) is 0 Å². The molecule has 0 aliphatic heterocycles. The SMILES string of the molecule is [CH2]C12CC3(C)CC(C)(C1)CC(C#N)(C2)C3. The maximum absolute atomic E-state index is 9.50. The van der Waals surface area contributed by atoms with Crippen LogP contribution in [0, 0.1) is 39.9 Å². The summed E-state index contributed by atoms with van der Waals surface area (Å²) in [6.07, 6.45) is 7.13. The quantitative estimate of drug-likeness (QED) is 0.587. The molecule has 0 heterocycles. The third-order valence-electron chi connectivity index (χ3n) is 4.94. The molecule has 1 heteroatoms. The lowest BCUT2D eigenvalue weighted by Crippen LogP contribution is -2.58. The fraction of sp³-hybridized carbons (Fsp3) is 0.857. The average molecular weight is 202 g/mol. The number of hydrogen-bond acceptors (Lipinski definition) is 1. The van der Waals surface area contributed by atoms with E-state index in [1.165, 1.54) is 19.3 Å². The lowest BCUT2D eigenvalue weighted by molar-refractivity contribution is -0.152. The third-order valence-corrected chi connectivity index (χ3v) is 4.94. The van der Waals surface area contributed by atoms with Crippen LogP contribution in [0.5, 0.6) is 0 Å². The Morgan fingerprint density at radius 1 is 0.933 bits per heavy atom. The highest BCUT2D eigenvalue weighted by molar-refractivity contribution is 5.21. The van der Waals surface area contributed by atoms with Gasteiger partial charge in [0.2, 0.25) is 0 Å². The minimum atomic E-state index is -0.0278. The van der Waals surface area contributed by atoms with Gasteiger partial charge in [0.05, 0.1) is 11.5 Å². The minimum absolute atomic E-state index is 0.0278. The summed E-state index contributed by atoms with van der Waals surface area (Å²) in [5.74, 6) is 0. The van der Waals surface area contributed by atoms with Crippen LogP contribution in [-0.4, -0.2) is 0 Å². The molecule has 0 aromatic carbocycles. The summed E-state index contributed by atoms with van der Waals surface area (Å²) in [6, 6.07) is 2.65. The van der Waals surface area contributed by atoms with Gasteiger partial charge in [-0.2, -0.15) is 5.26 Å². The molecule has 15 heavy (non-hydrogen) atoms. The van der Waals surface area contributed by atoms with E-state index in [1.807, 2.05) is 0 Å². The summed E-state index contributed by atoms with van der Waals surface area (Å²) in [5.41, 5.74) is 0.996. The van der Waals surface area contributed by atoms with Crippen molar-refractivity contribution < 1.29 is 0 Å². The number of rotatable bonds is 0. The van der Waals surface area contributed by atoms with E-state index in [0.717, 1.165) is 19.3 Å². The fourth-order valence-electron chi connectivity index (χ4n) is 6.06. The van der Waals surface area contributed by atoms with E-state index < -0.39 is 0 Å². The summed E-state index contributed by atoms with van der Waals surface area (Å²) >= 11 is 0. The summed E-state index contributed by atoms with van der Waals surface area (Å²) in [6.45, 7) is 9.23. The Labute approximate surface area is 92.9 Å². The molecule has 0 aromatic rings. The van der Waals surface area contributed by atoms with Crippen molar-refractivity contribution in [1.82, 2.24) is 0 Å². The maximum Gasteiger partial charge on any atom is 0.0690 e. The molecule has 4 aliphatic carbocycles. The van der Waals surface area contributed by atoms with E-state index in [4.69, 9.17) is 0 Å². The van der Waals surface area contributed by atoms with Gasteiger partial charge in [0.25, 0.3) is 0 Å². The second-order valence-electron chi connectivity index (χ2n) is 7.57. The van der Waals surface area contributed by atoms with Crippen molar-refractivity contribution in [1.29, 1.82) is 5.26 Å². The zero-order chi connectivity index (χ0) is 10.9. The van der Waals surface area contributed by atoms with E-state index in [0.29, 0.717) is 10.8 Å². The minimum Gasteiger partial charge on any atom is -0.198 e. The molecule has 0 aromatic heterocycles. The van der Waals surface area contributed by atoms with Gasteiger partial charge >= 0.3 is 0 Å². The molecule has 0 N–H and O–H groups in total. The second-order valence-corrected chi connectivity index (χ2v) is 7.57. The van der Waals surface area contributed by atoms with Crippen LogP contribution in [0.2, 0.25) is 0 Å². The van der Waals surface area contributed by atoms with Gasteiger partial charge in [-0.15, -0.1) is 0 Å². The molecule has 4 bridgehead atoms. The molecule has 4 fully saturated rings. The molecule has 2 atom stereocenters. The first-order valence-electron chi connectivity index (χ1n) is 6.07. The van der Waals surface area contributed by atoms with E-state index >= 15 is 0 Å². The van der Waals surface area contributed by atoms with Crippen molar-refractivity contribution in [2.45, 2.75) is 52.4 Å². The Kier molecular flexibility index (Phi) is 1.46. The lowest BCUT2D eigenvalue weighted by atomic mass is 9.37. The zero-order valence-corrected chi connectivity index (χ0v) is 9.90. The maximum atomic E-state index is 9.50. The van der Waals surface area contributed by atoms with Crippen molar-refractivity contribution in [3.05, 3.63) is 6.92 Å². The van der Waals surface area contributed by atoms with Crippen LogP contribution < -0.4 is 0 Å². The van der Waals surface area contributed by atoms with Crippen LogP contribution in [0.15, 0.2) is 0 Å². The smallest absolute Gasteiger partial charge is 0.0690 e. The van der Waals surface area contributed by atoms with Crippen LogP contribution in [0.4, 0.5) is 0 Å². The number of hydrogen-bond donors (Lipinski definition) is 0.